The van der Waals surface area contributed by atoms with Gasteiger partial charge in [-0.15, -0.1) is 11.3 Å². The zero-order valence-electron chi connectivity index (χ0n) is 15.1. The minimum atomic E-state index is -0.142. The maximum Gasteiger partial charge on any atom is 0.282 e. The predicted molar refractivity (Wildman–Crippen MR) is 113 cm³/mol. The smallest absolute Gasteiger partial charge is 0.282 e. The highest BCUT2D eigenvalue weighted by Gasteiger charge is 2.25. The van der Waals surface area contributed by atoms with Crippen LogP contribution in [0.25, 0.3) is 0 Å². The van der Waals surface area contributed by atoms with E-state index in [0.29, 0.717) is 11.0 Å². The van der Waals surface area contributed by atoms with E-state index in [0.717, 1.165) is 25.2 Å². The van der Waals surface area contributed by atoms with E-state index >= 15 is 0 Å². The maximum absolute atomic E-state index is 12.1. The highest BCUT2D eigenvalue weighted by molar-refractivity contribution is 9.10. The van der Waals surface area contributed by atoms with Crippen LogP contribution in [0.4, 0.5) is 5.69 Å². The van der Waals surface area contributed by atoms with E-state index in [1.54, 1.807) is 13.2 Å². The number of fused-ring (bicyclic) bond motifs is 1. The zero-order valence-corrected chi connectivity index (χ0v) is 17.5. The second-order valence-electron chi connectivity index (χ2n) is 6.70. The second kappa shape index (κ2) is 7.96. The molecule has 7 heteroatoms. The third-order valence-corrected chi connectivity index (χ3v) is 6.82. The molecule has 0 saturated heterocycles. The van der Waals surface area contributed by atoms with Gasteiger partial charge in [-0.1, -0.05) is 30.3 Å². The van der Waals surface area contributed by atoms with Crippen LogP contribution in [0.3, 0.4) is 0 Å². The molecule has 0 aliphatic carbocycles. The Morgan fingerprint density at radius 2 is 2.11 bits per heavy atom. The lowest BCUT2D eigenvalue weighted by molar-refractivity contribution is 0.188. The van der Waals surface area contributed by atoms with E-state index in [2.05, 4.69) is 67.0 Å². The number of benzene rings is 1. The minimum absolute atomic E-state index is 0.142. The molecule has 3 heterocycles. The summed E-state index contributed by atoms with van der Waals surface area (Å²) < 4.78 is 1.85. The van der Waals surface area contributed by atoms with E-state index in [9.17, 15) is 4.79 Å². The van der Waals surface area contributed by atoms with Crippen LogP contribution >= 0.6 is 27.3 Å². The van der Waals surface area contributed by atoms with E-state index in [1.165, 1.54) is 20.7 Å². The molecule has 2 aromatic heterocycles. The number of hydrogen-bond acceptors (Lipinski definition) is 5. The highest BCUT2D eigenvalue weighted by atomic mass is 79.9. The summed E-state index contributed by atoms with van der Waals surface area (Å²) in [6.07, 6.45) is 2.79. The number of nitrogens with zero attached hydrogens (tertiary/aromatic N) is 3. The van der Waals surface area contributed by atoms with Crippen molar-refractivity contribution in [2.24, 2.45) is 7.05 Å². The first-order chi connectivity index (χ1) is 13.1. The molecule has 1 aliphatic rings. The van der Waals surface area contributed by atoms with Crippen LogP contribution in [-0.4, -0.2) is 27.8 Å². The van der Waals surface area contributed by atoms with Gasteiger partial charge in [-0.3, -0.25) is 9.69 Å². The lowest BCUT2D eigenvalue weighted by Gasteiger charge is -2.35. The second-order valence-corrected chi connectivity index (χ2v) is 8.49. The van der Waals surface area contributed by atoms with E-state index in [4.69, 9.17) is 0 Å². The predicted octanol–water partition coefficient (Wildman–Crippen LogP) is 3.82. The van der Waals surface area contributed by atoms with Gasteiger partial charge in [-0.25, -0.2) is 4.68 Å². The maximum atomic E-state index is 12.1. The number of halogens is 1. The van der Waals surface area contributed by atoms with Crippen LogP contribution in [0.2, 0.25) is 0 Å². The SMILES string of the molecule is Cn1ncc(NCC(c2ccccc2)N2CCc3sccc3C2)c(Br)c1=O. The first-order valence-corrected chi connectivity index (χ1v) is 10.6. The molecule has 0 spiro atoms. The Hall–Kier alpha value is -1.96. The van der Waals surface area contributed by atoms with E-state index < -0.39 is 0 Å². The normalized spacial score (nSPS) is 15.3. The van der Waals surface area contributed by atoms with Crippen molar-refractivity contribution >= 4 is 33.0 Å². The van der Waals surface area contributed by atoms with Crippen LogP contribution in [0.5, 0.6) is 0 Å². The molecular formula is C20H21BrN4OS. The Bertz CT molecular complexity index is 985. The lowest BCUT2D eigenvalue weighted by Crippen LogP contribution is -2.37. The Morgan fingerprint density at radius 3 is 2.93 bits per heavy atom. The van der Waals surface area contributed by atoms with Crippen molar-refractivity contribution in [3.8, 4) is 0 Å². The largest absolute Gasteiger partial charge is 0.381 e. The molecule has 0 bridgehead atoms. The van der Waals surface area contributed by atoms with Gasteiger partial charge in [0.15, 0.2) is 0 Å². The molecule has 27 heavy (non-hydrogen) atoms. The van der Waals surface area contributed by atoms with Gasteiger partial charge in [0.1, 0.15) is 4.47 Å². The van der Waals surface area contributed by atoms with Gasteiger partial charge in [0.05, 0.1) is 17.9 Å². The van der Waals surface area contributed by atoms with E-state index in [1.807, 2.05) is 17.4 Å². The van der Waals surface area contributed by atoms with Crippen LogP contribution in [0.1, 0.15) is 22.0 Å². The van der Waals surface area contributed by atoms with Gasteiger partial charge >= 0.3 is 0 Å². The van der Waals surface area contributed by atoms with Crippen molar-refractivity contribution in [1.29, 1.82) is 0 Å². The summed E-state index contributed by atoms with van der Waals surface area (Å²) >= 11 is 5.26. The minimum Gasteiger partial charge on any atom is -0.381 e. The Balaban J connectivity index is 1.58. The third-order valence-electron chi connectivity index (χ3n) is 5.03. The van der Waals surface area contributed by atoms with Crippen molar-refractivity contribution < 1.29 is 0 Å². The first kappa shape index (κ1) is 18.4. The number of aromatic nitrogens is 2. The van der Waals surface area contributed by atoms with Gasteiger partial charge in [0, 0.05) is 31.6 Å². The standard InChI is InChI=1S/C20H21BrN4OS/c1-24-20(26)19(21)16(11-23-24)22-12-17(14-5-3-2-4-6-14)25-9-7-18-15(13-25)8-10-27-18/h2-6,8,10-11,17,22H,7,9,12-13H2,1H3. The molecule has 0 fully saturated rings. The molecular weight excluding hydrogens is 424 g/mol. The molecule has 3 aromatic rings. The van der Waals surface area contributed by atoms with Crippen LogP contribution in [-0.2, 0) is 20.0 Å². The third kappa shape index (κ3) is 3.85. The topological polar surface area (TPSA) is 50.2 Å². The molecule has 1 aromatic carbocycles. The average Bonchev–Trinajstić information content (AvgIpc) is 3.17. The number of anilines is 1. The summed E-state index contributed by atoms with van der Waals surface area (Å²) in [4.78, 5) is 16.1. The molecule has 0 amide bonds. The molecule has 0 saturated carbocycles. The summed E-state index contributed by atoms with van der Waals surface area (Å²) in [6, 6.07) is 13.0. The van der Waals surface area contributed by atoms with Gasteiger partial charge in [-0.05, 0) is 44.9 Å². The number of thiophene rings is 1. The number of nitrogens with one attached hydrogen (secondary N) is 1. The number of rotatable bonds is 5. The average molecular weight is 445 g/mol. The monoisotopic (exact) mass is 444 g/mol. The Labute approximate surface area is 170 Å². The molecule has 0 radical (unpaired) electrons. The van der Waals surface area contributed by atoms with Crippen molar-refractivity contribution in [1.82, 2.24) is 14.7 Å². The van der Waals surface area contributed by atoms with Crippen molar-refractivity contribution in [3.63, 3.8) is 0 Å². The lowest BCUT2D eigenvalue weighted by atomic mass is 10.0. The van der Waals surface area contributed by atoms with Gasteiger partial charge in [-0.2, -0.15) is 5.10 Å². The molecule has 4 rings (SSSR count). The molecule has 1 atom stereocenters. The fourth-order valence-corrected chi connectivity index (χ4v) is 4.90. The first-order valence-electron chi connectivity index (χ1n) is 8.93. The number of aryl methyl sites for hydroxylation is 1. The summed E-state index contributed by atoms with van der Waals surface area (Å²) in [5.41, 5.74) is 3.30. The summed E-state index contributed by atoms with van der Waals surface area (Å²) in [7, 11) is 1.65. The molecule has 1 aliphatic heterocycles. The zero-order chi connectivity index (χ0) is 18.8. The number of hydrogen-bond donors (Lipinski definition) is 1. The van der Waals surface area contributed by atoms with Crippen LogP contribution in [0.15, 0.2) is 57.2 Å². The Morgan fingerprint density at radius 1 is 1.30 bits per heavy atom. The van der Waals surface area contributed by atoms with Crippen molar-refractivity contribution in [2.75, 3.05) is 18.4 Å². The fourth-order valence-electron chi connectivity index (χ4n) is 3.51. The summed E-state index contributed by atoms with van der Waals surface area (Å²) in [6.45, 7) is 2.69. The molecule has 1 unspecified atom stereocenters. The quantitative estimate of drug-likeness (QED) is 0.649. The van der Waals surface area contributed by atoms with Crippen LogP contribution < -0.4 is 10.9 Å². The highest BCUT2D eigenvalue weighted by Crippen LogP contribution is 2.31. The van der Waals surface area contributed by atoms with Gasteiger partial charge in [0.2, 0.25) is 0 Å². The summed E-state index contributed by atoms with van der Waals surface area (Å²) in [5.74, 6) is 0. The van der Waals surface area contributed by atoms with Gasteiger partial charge < -0.3 is 5.32 Å². The van der Waals surface area contributed by atoms with Crippen LogP contribution in [0, 0.1) is 0 Å². The van der Waals surface area contributed by atoms with Gasteiger partial charge in [0.25, 0.3) is 5.56 Å². The molecule has 140 valence electrons. The van der Waals surface area contributed by atoms with Crippen molar-refractivity contribution in [3.05, 3.63) is 78.8 Å². The molecule has 5 nitrogen and oxygen atoms in total. The summed E-state index contributed by atoms with van der Waals surface area (Å²) in [5, 5.41) is 9.74. The van der Waals surface area contributed by atoms with E-state index in [-0.39, 0.29) is 11.6 Å². The van der Waals surface area contributed by atoms with Crippen molar-refractivity contribution in [2.45, 2.75) is 19.0 Å². The molecule has 1 N–H and O–H groups in total. The fraction of sp³-hybridized carbons (Fsp3) is 0.300. The Kier molecular flexibility index (Phi) is 5.43.